The molecule has 0 atom stereocenters. The number of anilines is 1. The first-order chi connectivity index (χ1) is 10.7. The Morgan fingerprint density at radius 3 is 2.95 bits per heavy atom. The van der Waals surface area contributed by atoms with Gasteiger partial charge in [0, 0.05) is 22.8 Å². The highest BCUT2D eigenvalue weighted by molar-refractivity contribution is 7.18. The Labute approximate surface area is 130 Å². The number of carboxylic acid groups (broad SMARTS) is 1. The van der Waals surface area contributed by atoms with E-state index in [1.54, 1.807) is 23.7 Å². The molecule has 0 spiro atoms. The average Bonchev–Trinajstić information content (AvgIpc) is 2.96. The third-order valence-corrected chi connectivity index (χ3v) is 4.29. The highest BCUT2D eigenvalue weighted by Crippen LogP contribution is 2.31. The van der Waals surface area contributed by atoms with Gasteiger partial charge < -0.3 is 10.4 Å². The maximum Gasteiger partial charge on any atom is 0.322 e. The van der Waals surface area contributed by atoms with E-state index in [4.69, 9.17) is 5.11 Å². The van der Waals surface area contributed by atoms with Gasteiger partial charge in [0.25, 0.3) is 0 Å². The molecule has 0 aromatic carbocycles. The quantitative estimate of drug-likeness (QED) is 0.753. The second-order valence-corrected chi connectivity index (χ2v) is 5.79. The Morgan fingerprint density at radius 2 is 2.27 bits per heavy atom. The monoisotopic (exact) mass is 314 g/mol. The van der Waals surface area contributed by atoms with Gasteiger partial charge >= 0.3 is 5.97 Å². The third kappa shape index (κ3) is 2.89. The summed E-state index contributed by atoms with van der Waals surface area (Å²) < 4.78 is 0. The number of nitrogens with one attached hydrogen (secondary N) is 1. The molecule has 0 unspecified atom stereocenters. The van der Waals surface area contributed by atoms with Crippen molar-refractivity contribution in [3.05, 3.63) is 35.5 Å². The lowest BCUT2D eigenvalue weighted by atomic mass is 10.2. The van der Waals surface area contributed by atoms with Crippen molar-refractivity contribution in [2.24, 2.45) is 0 Å². The van der Waals surface area contributed by atoms with Crippen LogP contribution in [-0.4, -0.2) is 32.6 Å². The minimum atomic E-state index is -0.930. The Hall–Kier alpha value is -2.54. The van der Waals surface area contributed by atoms with Gasteiger partial charge in [-0.25, -0.2) is 9.97 Å². The SMILES string of the molecule is CCc1cc2c(NCC(=O)O)nc(-c3cccnc3)nc2s1. The van der Waals surface area contributed by atoms with Gasteiger partial charge in [-0.05, 0) is 24.6 Å². The van der Waals surface area contributed by atoms with E-state index in [0.29, 0.717) is 11.6 Å². The summed E-state index contributed by atoms with van der Waals surface area (Å²) in [6.45, 7) is 1.89. The molecule has 0 saturated heterocycles. The van der Waals surface area contributed by atoms with Crippen LogP contribution in [0.15, 0.2) is 30.6 Å². The maximum atomic E-state index is 10.8. The fraction of sp³-hybridized carbons (Fsp3) is 0.200. The Bertz CT molecular complexity index is 817. The van der Waals surface area contributed by atoms with Gasteiger partial charge in [-0.1, -0.05) is 6.92 Å². The summed E-state index contributed by atoms with van der Waals surface area (Å²) in [6, 6.07) is 5.71. The molecule has 3 aromatic rings. The summed E-state index contributed by atoms with van der Waals surface area (Å²) in [4.78, 5) is 26.0. The summed E-state index contributed by atoms with van der Waals surface area (Å²) in [5, 5.41) is 12.6. The molecular weight excluding hydrogens is 300 g/mol. The number of nitrogens with zero attached hydrogens (tertiary/aromatic N) is 3. The van der Waals surface area contributed by atoms with Crippen LogP contribution in [0.4, 0.5) is 5.82 Å². The molecule has 2 N–H and O–H groups in total. The van der Waals surface area contributed by atoms with Crippen LogP contribution in [0.3, 0.4) is 0 Å². The number of carboxylic acids is 1. The second kappa shape index (κ2) is 6.07. The fourth-order valence-corrected chi connectivity index (χ4v) is 3.03. The van der Waals surface area contributed by atoms with E-state index in [1.807, 2.05) is 18.2 Å². The van der Waals surface area contributed by atoms with E-state index in [2.05, 4.69) is 27.2 Å². The van der Waals surface area contributed by atoms with Crippen molar-refractivity contribution >= 4 is 33.3 Å². The number of thiophene rings is 1. The standard InChI is InChI=1S/C15H14N4O2S/c1-2-10-6-11-14(17-8-12(20)21)18-13(19-15(11)22-10)9-4-3-5-16-7-9/h3-7H,2,8H2,1H3,(H,20,21)(H,17,18,19). The van der Waals surface area contributed by atoms with Gasteiger partial charge in [0.2, 0.25) is 0 Å². The van der Waals surface area contributed by atoms with Crippen molar-refractivity contribution in [3.8, 4) is 11.4 Å². The predicted octanol–water partition coefficient (Wildman–Crippen LogP) is 2.81. The van der Waals surface area contributed by atoms with E-state index < -0.39 is 5.97 Å². The zero-order valence-corrected chi connectivity index (χ0v) is 12.7. The van der Waals surface area contributed by atoms with Crippen LogP contribution in [-0.2, 0) is 11.2 Å². The molecule has 7 heteroatoms. The fourth-order valence-electron chi connectivity index (χ4n) is 2.06. The molecule has 0 bridgehead atoms. The second-order valence-electron chi connectivity index (χ2n) is 4.67. The van der Waals surface area contributed by atoms with Crippen molar-refractivity contribution in [1.82, 2.24) is 15.0 Å². The first kappa shape index (κ1) is 14.4. The molecule has 3 heterocycles. The molecule has 0 aliphatic carbocycles. The highest BCUT2D eigenvalue weighted by Gasteiger charge is 2.13. The lowest BCUT2D eigenvalue weighted by Gasteiger charge is -2.07. The van der Waals surface area contributed by atoms with Crippen LogP contribution >= 0.6 is 11.3 Å². The number of carbonyl (C=O) groups is 1. The van der Waals surface area contributed by atoms with Crippen LogP contribution in [0.25, 0.3) is 21.6 Å². The lowest BCUT2D eigenvalue weighted by molar-refractivity contribution is -0.134. The maximum absolute atomic E-state index is 10.8. The average molecular weight is 314 g/mol. The normalized spacial score (nSPS) is 10.8. The molecule has 6 nitrogen and oxygen atoms in total. The molecule has 0 saturated carbocycles. The molecule has 0 aliphatic heterocycles. The van der Waals surface area contributed by atoms with Crippen LogP contribution in [0.5, 0.6) is 0 Å². The van der Waals surface area contributed by atoms with Crippen molar-refractivity contribution in [1.29, 1.82) is 0 Å². The summed E-state index contributed by atoms with van der Waals surface area (Å²) in [5.74, 6) is 0.154. The van der Waals surface area contributed by atoms with E-state index in [9.17, 15) is 4.79 Å². The lowest BCUT2D eigenvalue weighted by Crippen LogP contribution is -2.13. The highest BCUT2D eigenvalue weighted by atomic mass is 32.1. The topological polar surface area (TPSA) is 88.0 Å². The molecular formula is C15H14N4O2S. The number of hydrogen-bond donors (Lipinski definition) is 2. The Kier molecular flexibility index (Phi) is 3.97. The zero-order chi connectivity index (χ0) is 15.5. The minimum absolute atomic E-state index is 0.185. The van der Waals surface area contributed by atoms with Crippen LogP contribution in [0, 0.1) is 0 Å². The number of fused-ring (bicyclic) bond motifs is 1. The van der Waals surface area contributed by atoms with E-state index in [1.165, 1.54) is 4.88 Å². The first-order valence-corrected chi connectivity index (χ1v) is 7.65. The number of aromatic nitrogens is 3. The van der Waals surface area contributed by atoms with Crippen molar-refractivity contribution < 1.29 is 9.90 Å². The third-order valence-electron chi connectivity index (χ3n) is 3.12. The minimum Gasteiger partial charge on any atom is -0.480 e. The van der Waals surface area contributed by atoms with Gasteiger partial charge in [0.15, 0.2) is 5.82 Å². The van der Waals surface area contributed by atoms with Gasteiger partial charge in [0.1, 0.15) is 17.2 Å². The molecule has 0 aliphatic rings. The largest absolute Gasteiger partial charge is 0.480 e. The van der Waals surface area contributed by atoms with Crippen molar-refractivity contribution in [2.75, 3.05) is 11.9 Å². The molecule has 112 valence electrons. The molecule has 22 heavy (non-hydrogen) atoms. The van der Waals surface area contributed by atoms with E-state index >= 15 is 0 Å². The van der Waals surface area contributed by atoms with Crippen LogP contribution in [0.1, 0.15) is 11.8 Å². The van der Waals surface area contributed by atoms with Gasteiger partial charge in [-0.3, -0.25) is 9.78 Å². The van der Waals surface area contributed by atoms with Crippen LogP contribution < -0.4 is 5.32 Å². The van der Waals surface area contributed by atoms with Gasteiger partial charge in [-0.15, -0.1) is 11.3 Å². The molecule has 0 fully saturated rings. The van der Waals surface area contributed by atoms with Gasteiger partial charge in [0.05, 0.1) is 5.39 Å². The molecule has 3 aromatic heterocycles. The summed E-state index contributed by atoms with van der Waals surface area (Å²) >= 11 is 1.60. The summed E-state index contributed by atoms with van der Waals surface area (Å²) in [7, 11) is 0. The first-order valence-electron chi connectivity index (χ1n) is 6.84. The number of aryl methyl sites for hydroxylation is 1. The molecule has 3 rings (SSSR count). The smallest absolute Gasteiger partial charge is 0.322 e. The van der Waals surface area contributed by atoms with E-state index in [-0.39, 0.29) is 6.54 Å². The van der Waals surface area contributed by atoms with Crippen molar-refractivity contribution in [3.63, 3.8) is 0 Å². The number of pyridine rings is 1. The summed E-state index contributed by atoms with van der Waals surface area (Å²) in [5.41, 5.74) is 0.800. The molecule has 0 radical (unpaired) electrons. The van der Waals surface area contributed by atoms with Gasteiger partial charge in [-0.2, -0.15) is 0 Å². The Balaban J connectivity index is 2.12. The summed E-state index contributed by atoms with van der Waals surface area (Å²) in [6.07, 6.45) is 4.28. The number of rotatable bonds is 5. The van der Waals surface area contributed by atoms with E-state index in [0.717, 1.165) is 22.2 Å². The number of aliphatic carboxylic acids is 1. The Morgan fingerprint density at radius 1 is 1.41 bits per heavy atom. The van der Waals surface area contributed by atoms with Crippen molar-refractivity contribution in [2.45, 2.75) is 13.3 Å². The molecule has 0 amide bonds. The van der Waals surface area contributed by atoms with Crippen LogP contribution in [0.2, 0.25) is 0 Å². The number of hydrogen-bond acceptors (Lipinski definition) is 6. The zero-order valence-electron chi connectivity index (χ0n) is 11.9. The predicted molar refractivity (Wildman–Crippen MR) is 86.1 cm³/mol.